The van der Waals surface area contributed by atoms with Gasteiger partial charge in [0.2, 0.25) is 5.91 Å². The Morgan fingerprint density at radius 3 is 2.86 bits per heavy atom. The van der Waals surface area contributed by atoms with Crippen LogP contribution in [-0.4, -0.2) is 17.4 Å². The lowest BCUT2D eigenvalue weighted by molar-refractivity contribution is -0.116. The van der Waals surface area contributed by atoms with Crippen LogP contribution in [0.1, 0.15) is 34.9 Å². The summed E-state index contributed by atoms with van der Waals surface area (Å²) in [6.07, 6.45) is 3.47. The highest BCUT2D eigenvalue weighted by Gasteiger charge is 2.24. The fourth-order valence-electron chi connectivity index (χ4n) is 2.75. The summed E-state index contributed by atoms with van der Waals surface area (Å²) in [7, 11) is 0. The van der Waals surface area contributed by atoms with Crippen LogP contribution in [0.25, 0.3) is 0 Å². The van der Waals surface area contributed by atoms with Gasteiger partial charge in [0.1, 0.15) is 0 Å². The molecule has 1 aliphatic carbocycles. The van der Waals surface area contributed by atoms with Crippen molar-refractivity contribution in [1.29, 1.82) is 0 Å². The Balaban J connectivity index is 0.00000176. The molecule has 22 heavy (non-hydrogen) atoms. The van der Waals surface area contributed by atoms with Gasteiger partial charge >= 0.3 is 0 Å². The third-order valence-corrected chi connectivity index (χ3v) is 4.86. The molecule has 0 radical (unpaired) electrons. The Kier molecular flexibility index (Phi) is 5.94. The molecule has 0 fully saturated rings. The predicted octanol–water partition coefficient (Wildman–Crippen LogP) is 3.12. The number of carbonyl (C=O) groups excluding carboxylic acids is 1. The average molecular weight is 338 g/mol. The van der Waals surface area contributed by atoms with E-state index < -0.39 is 0 Å². The molecule has 1 aromatic heterocycles. The molecule has 1 aromatic carbocycles. The minimum Gasteiger partial charge on any atom is -0.330 e. The molecule has 1 heterocycles. The molecule has 0 spiro atoms. The van der Waals surface area contributed by atoms with Crippen molar-refractivity contribution < 1.29 is 4.79 Å². The number of rotatable bonds is 4. The summed E-state index contributed by atoms with van der Waals surface area (Å²) in [6.45, 7) is 0.368. The lowest BCUT2D eigenvalue weighted by Crippen LogP contribution is -2.16. The normalized spacial score (nSPS) is 16.5. The van der Waals surface area contributed by atoms with Gasteiger partial charge in [-0.25, -0.2) is 4.98 Å². The highest BCUT2D eigenvalue weighted by atomic mass is 35.5. The fourth-order valence-corrected chi connectivity index (χ4v) is 3.86. The van der Waals surface area contributed by atoms with E-state index in [1.54, 1.807) is 11.3 Å². The van der Waals surface area contributed by atoms with E-state index in [9.17, 15) is 4.79 Å². The third-order valence-electron chi connectivity index (χ3n) is 3.83. The number of nitrogens with two attached hydrogens (primary N) is 1. The maximum absolute atomic E-state index is 11.6. The predicted molar refractivity (Wildman–Crippen MR) is 92.9 cm³/mol. The maximum Gasteiger partial charge on any atom is 0.227 e. The lowest BCUT2D eigenvalue weighted by Gasteiger charge is -2.21. The monoisotopic (exact) mass is 337 g/mol. The molecular weight excluding hydrogens is 318 g/mol. The molecule has 118 valence electrons. The second kappa shape index (κ2) is 7.72. The highest BCUT2D eigenvalue weighted by molar-refractivity contribution is 7.15. The van der Waals surface area contributed by atoms with Crippen molar-refractivity contribution in [2.75, 3.05) is 11.9 Å². The number of nitrogens with zero attached hydrogens (tertiary/aromatic N) is 1. The molecule has 6 heteroatoms. The third kappa shape index (κ3) is 3.85. The molecule has 1 atom stereocenters. The molecule has 0 aliphatic heterocycles. The van der Waals surface area contributed by atoms with Crippen molar-refractivity contribution in [3.05, 3.63) is 46.5 Å². The van der Waals surface area contributed by atoms with Crippen molar-refractivity contribution in [3.63, 3.8) is 0 Å². The Bertz CT molecular complexity index is 630. The van der Waals surface area contributed by atoms with Gasteiger partial charge in [-0.05, 0) is 30.7 Å². The number of aryl methyl sites for hydroxylation is 1. The summed E-state index contributed by atoms with van der Waals surface area (Å²) in [5, 5.41) is 3.56. The van der Waals surface area contributed by atoms with Crippen molar-refractivity contribution in [3.8, 4) is 0 Å². The molecule has 1 aliphatic rings. The van der Waals surface area contributed by atoms with Gasteiger partial charge in [-0.3, -0.25) is 4.79 Å². The van der Waals surface area contributed by atoms with E-state index in [1.807, 2.05) is 0 Å². The van der Waals surface area contributed by atoms with Crippen molar-refractivity contribution in [1.82, 2.24) is 4.98 Å². The van der Waals surface area contributed by atoms with Gasteiger partial charge in [0.05, 0.1) is 5.69 Å². The topological polar surface area (TPSA) is 68.0 Å². The van der Waals surface area contributed by atoms with Gasteiger partial charge in [-0.2, -0.15) is 0 Å². The largest absolute Gasteiger partial charge is 0.330 e. The Morgan fingerprint density at radius 2 is 2.14 bits per heavy atom. The second-order valence-electron chi connectivity index (χ2n) is 5.33. The molecule has 0 saturated heterocycles. The zero-order valence-electron chi connectivity index (χ0n) is 12.2. The van der Waals surface area contributed by atoms with Crippen LogP contribution < -0.4 is 11.1 Å². The first kappa shape index (κ1) is 16.9. The summed E-state index contributed by atoms with van der Waals surface area (Å²) in [6, 6.07) is 10.6. The molecule has 0 bridgehead atoms. The second-order valence-corrected chi connectivity index (χ2v) is 6.41. The smallest absolute Gasteiger partial charge is 0.227 e. The number of thiazole rings is 1. The Hall–Kier alpha value is -1.43. The standard InChI is InChI=1S/C16H19N3OS.ClH/c17-9-8-15(20)19-16-18-13-7-6-12(10-14(13)21-16)11-4-2-1-3-5-11;/h1-5,12H,6-10,17H2,(H,18,19,20);1H. The zero-order valence-corrected chi connectivity index (χ0v) is 13.9. The molecule has 1 unspecified atom stereocenters. The lowest BCUT2D eigenvalue weighted by atomic mass is 9.85. The minimum atomic E-state index is -0.0526. The number of amides is 1. The average Bonchev–Trinajstić information content (AvgIpc) is 2.89. The molecular formula is C16H20ClN3OS. The van der Waals surface area contributed by atoms with E-state index in [0.717, 1.165) is 25.0 Å². The number of fused-ring (bicyclic) bond motifs is 1. The van der Waals surface area contributed by atoms with Crippen LogP contribution in [0.15, 0.2) is 30.3 Å². The van der Waals surface area contributed by atoms with Gasteiger partial charge in [0, 0.05) is 17.8 Å². The first-order chi connectivity index (χ1) is 10.3. The molecule has 3 N–H and O–H groups in total. The first-order valence-corrected chi connectivity index (χ1v) is 8.11. The van der Waals surface area contributed by atoms with Crippen molar-refractivity contribution in [2.45, 2.75) is 31.6 Å². The Morgan fingerprint density at radius 1 is 1.36 bits per heavy atom. The highest BCUT2D eigenvalue weighted by Crippen LogP contribution is 2.36. The van der Waals surface area contributed by atoms with Crippen LogP contribution in [0.5, 0.6) is 0 Å². The van der Waals surface area contributed by atoms with Gasteiger partial charge in [0.15, 0.2) is 5.13 Å². The van der Waals surface area contributed by atoms with Gasteiger partial charge < -0.3 is 11.1 Å². The summed E-state index contributed by atoms with van der Waals surface area (Å²) >= 11 is 1.60. The molecule has 0 saturated carbocycles. The number of hydrogen-bond donors (Lipinski definition) is 2. The Labute approximate surface area is 140 Å². The van der Waals surface area contributed by atoms with Gasteiger partial charge in [0.25, 0.3) is 0 Å². The maximum atomic E-state index is 11.6. The van der Waals surface area contributed by atoms with Gasteiger partial charge in [-0.15, -0.1) is 23.7 Å². The number of hydrogen-bond acceptors (Lipinski definition) is 4. The number of aromatic nitrogens is 1. The van der Waals surface area contributed by atoms with E-state index in [1.165, 1.54) is 10.4 Å². The number of halogens is 1. The molecule has 3 rings (SSSR count). The van der Waals surface area contributed by atoms with Crippen LogP contribution in [-0.2, 0) is 17.6 Å². The van der Waals surface area contributed by atoms with Crippen LogP contribution in [0, 0.1) is 0 Å². The number of carbonyl (C=O) groups is 1. The molecule has 4 nitrogen and oxygen atoms in total. The van der Waals surface area contributed by atoms with Crippen molar-refractivity contribution in [2.24, 2.45) is 5.73 Å². The van der Waals surface area contributed by atoms with E-state index in [2.05, 4.69) is 40.6 Å². The number of anilines is 1. The molecule has 2 aromatic rings. The van der Waals surface area contributed by atoms with Crippen LogP contribution in [0.4, 0.5) is 5.13 Å². The van der Waals surface area contributed by atoms with Gasteiger partial charge in [-0.1, -0.05) is 30.3 Å². The first-order valence-electron chi connectivity index (χ1n) is 7.29. The quantitative estimate of drug-likeness (QED) is 0.900. The molecule has 1 amide bonds. The van der Waals surface area contributed by atoms with Crippen molar-refractivity contribution >= 4 is 34.8 Å². The van der Waals surface area contributed by atoms with Crippen LogP contribution in [0.3, 0.4) is 0 Å². The van der Waals surface area contributed by atoms with Crippen LogP contribution in [0.2, 0.25) is 0 Å². The van der Waals surface area contributed by atoms with E-state index in [0.29, 0.717) is 24.0 Å². The van der Waals surface area contributed by atoms with Crippen LogP contribution >= 0.6 is 23.7 Å². The summed E-state index contributed by atoms with van der Waals surface area (Å²) in [4.78, 5) is 17.4. The van der Waals surface area contributed by atoms with E-state index in [-0.39, 0.29) is 18.3 Å². The summed E-state index contributed by atoms with van der Waals surface area (Å²) < 4.78 is 0. The minimum absolute atomic E-state index is 0. The van der Waals surface area contributed by atoms with E-state index >= 15 is 0 Å². The summed E-state index contributed by atoms with van der Waals surface area (Å²) in [5.74, 6) is 0.509. The SMILES string of the molecule is Cl.NCCC(=O)Nc1nc2c(s1)CC(c1ccccc1)CC2. The number of benzene rings is 1. The number of nitrogens with one attached hydrogen (secondary N) is 1. The fraction of sp³-hybridized carbons (Fsp3) is 0.375. The van der Waals surface area contributed by atoms with E-state index in [4.69, 9.17) is 5.73 Å². The summed E-state index contributed by atoms with van der Waals surface area (Å²) in [5.41, 5.74) is 7.93. The zero-order chi connectivity index (χ0) is 14.7.